The molecule has 1 N–H and O–H groups in total. The summed E-state index contributed by atoms with van der Waals surface area (Å²) in [6.45, 7) is 11.8. The Hall–Kier alpha value is -1.37. The first-order chi connectivity index (χ1) is 10.6. The molecule has 23 heavy (non-hydrogen) atoms. The number of nitrogens with zero attached hydrogens (tertiary/aromatic N) is 1. The highest BCUT2D eigenvalue weighted by molar-refractivity contribution is 7.89. The number of rotatable bonds is 7. The minimum absolute atomic E-state index is 0.0188. The lowest BCUT2D eigenvalue weighted by Crippen LogP contribution is -2.33. The zero-order valence-electron chi connectivity index (χ0n) is 13.9. The van der Waals surface area contributed by atoms with Crippen molar-refractivity contribution in [3.63, 3.8) is 0 Å². The summed E-state index contributed by atoms with van der Waals surface area (Å²) in [6, 6.07) is 3.89. The van der Waals surface area contributed by atoms with Crippen LogP contribution >= 0.6 is 11.6 Å². The number of sulfonamides is 1. The predicted octanol–water partition coefficient (Wildman–Crippen LogP) is 3.06. The maximum Gasteiger partial charge on any atom is 0.255 e. The van der Waals surface area contributed by atoms with Gasteiger partial charge in [0.25, 0.3) is 5.91 Å². The van der Waals surface area contributed by atoms with Crippen molar-refractivity contribution >= 4 is 27.5 Å². The molecule has 0 aromatic heterocycles. The molecule has 5 nitrogen and oxygen atoms in total. The molecular formula is C16H23ClN2O3S. The lowest BCUT2D eigenvalue weighted by molar-refractivity contribution is 0.0778. The van der Waals surface area contributed by atoms with Crippen molar-refractivity contribution in [1.82, 2.24) is 9.62 Å². The number of carbonyl (C=O) groups is 1. The molecule has 1 rings (SSSR count). The third-order valence-corrected chi connectivity index (χ3v) is 4.98. The average Bonchev–Trinajstić information content (AvgIpc) is 2.42. The molecule has 0 unspecified atom stereocenters. The highest BCUT2D eigenvalue weighted by Gasteiger charge is 2.22. The van der Waals surface area contributed by atoms with Gasteiger partial charge in [-0.1, -0.05) is 23.8 Å². The van der Waals surface area contributed by atoms with Crippen LogP contribution in [0.2, 0.25) is 5.02 Å². The maximum atomic E-state index is 12.6. The number of likely N-dealkylation sites (N-methyl/N-ethyl adjacent to an activating group) is 1. The van der Waals surface area contributed by atoms with Crippen molar-refractivity contribution in [1.29, 1.82) is 0 Å². The molecule has 1 amide bonds. The second-order valence-corrected chi connectivity index (χ2v) is 7.82. The van der Waals surface area contributed by atoms with Crippen LogP contribution in [0.3, 0.4) is 0 Å². The molecule has 0 saturated carbocycles. The van der Waals surface area contributed by atoms with Crippen molar-refractivity contribution < 1.29 is 13.2 Å². The zero-order valence-corrected chi connectivity index (χ0v) is 15.5. The number of halogens is 1. The number of nitrogens with one attached hydrogen (secondary N) is 1. The second-order valence-electron chi connectivity index (χ2n) is 5.69. The van der Waals surface area contributed by atoms with E-state index >= 15 is 0 Å². The van der Waals surface area contributed by atoms with E-state index in [-0.39, 0.29) is 27.4 Å². The van der Waals surface area contributed by atoms with Crippen molar-refractivity contribution in [2.75, 3.05) is 13.1 Å². The van der Waals surface area contributed by atoms with Gasteiger partial charge in [-0.05, 0) is 45.9 Å². The van der Waals surface area contributed by atoms with Crippen LogP contribution in [0, 0.1) is 0 Å². The van der Waals surface area contributed by atoms with Gasteiger partial charge in [0.15, 0.2) is 0 Å². The Kier molecular flexibility index (Phi) is 6.80. The fourth-order valence-corrected chi connectivity index (χ4v) is 3.51. The summed E-state index contributed by atoms with van der Waals surface area (Å²) in [5, 5.41) is 0.221. The van der Waals surface area contributed by atoms with Crippen LogP contribution in [-0.4, -0.2) is 38.4 Å². The summed E-state index contributed by atoms with van der Waals surface area (Å²) in [5.41, 5.74) is 1.00. The van der Waals surface area contributed by atoms with E-state index in [1.807, 2.05) is 13.8 Å². The number of hydrogen-bond donors (Lipinski definition) is 1. The van der Waals surface area contributed by atoms with Crippen LogP contribution in [0.1, 0.15) is 38.1 Å². The molecular weight excluding hydrogens is 336 g/mol. The third kappa shape index (κ3) is 5.34. The summed E-state index contributed by atoms with van der Waals surface area (Å²) in [7, 11) is -3.68. The summed E-state index contributed by atoms with van der Waals surface area (Å²) in [4.78, 5) is 14.2. The van der Waals surface area contributed by atoms with Crippen molar-refractivity contribution in [3.8, 4) is 0 Å². The molecule has 0 aliphatic heterocycles. The van der Waals surface area contributed by atoms with Gasteiger partial charge in [0.2, 0.25) is 10.0 Å². The van der Waals surface area contributed by atoms with E-state index in [1.54, 1.807) is 18.7 Å². The van der Waals surface area contributed by atoms with Gasteiger partial charge in [-0.2, -0.15) is 0 Å². The highest BCUT2D eigenvalue weighted by atomic mass is 35.5. The number of benzene rings is 1. The van der Waals surface area contributed by atoms with Crippen LogP contribution in [0.25, 0.3) is 0 Å². The summed E-state index contributed by atoms with van der Waals surface area (Å²) in [6.07, 6.45) is 0. The SMILES string of the molecule is C=C(C)CN(CC)C(=O)c1cc(S(=O)(=O)NC(C)C)ccc1Cl. The number of hydrogen-bond acceptors (Lipinski definition) is 3. The first-order valence-electron chi connectivity index (χ1n) is 7.34. The molecule has 0 atom stereocenters. The largest absolute Gasteiger partial charge is 0.335 e. The molecule has 7 heteroatoms. The molecule has 0 radical (unpaired) electrons. The second kappa shape index (κ2) is 7.95. The zero-order chi connectivity index (χ0) is 17.8. The predicted molar refractivity (Wildman–Crippen MR) is 93.3 cm³/mol. The summed E-state index contributed by atoms with van der Waals surface area (Å²) < 4.78 is 27.0. The Morgan fingerprint density at radius 3 is 2.48 bits per heavy atom. The van der Waals surface area contributed by atoms with E-state index in [9.17, 15) is 13.2 Å². The normalized spacial score (nSPS) is 11.6. The smallest absolute Gasteiger partial charge is 0.255 e. The molecule has 128 valence electrons. The van der Waals surface area contributed by atoms with Crippen LogP contribution in [-0.2, 0) is 10.0 Å². The molecule has 0 fully saturated rings. The van der Waals surface area contributed by atoms with Gasteiger partial charge in [-0.25, -0.2) is 13.1 Å². The van der Waals surface area contributed by atoms with Crippen molar-refractivity contribution in [2.45, 2.75) is 38.6 Å². The first-order valence-corrected chi connectivity index (χ1v) is 9.20. The van der Waals surface area contributed by atoms with Crippen LogP contribution in [0.5, 0.6) is 0 Å². The van der Waals surface area contributed by atoms with E-state index in [1.165, 1.54) is 18.2 Å². The monoisotopic (exact) mass is 358 g/mol. The number of carbonyl (C=O) groups excluding carboxylic acids is 1. The highest BCUT2D eigenvalue weighted by Crippen LogP contribution is 2.22. The fourth-order valence-electron chi connectivity index (χ4n) is 2.04. The third-order valence-electron chi connectivity index (χ3n) is 3.00. The molecule has 0 aliphatic carbocycles. The van der Waals surface area contributed by atoms with Crippen molar-refractivity contribution in [3.05, 3.63) is 40.9 Å². The summed E-state index contributed by atoms with van der Waals surface area (Å²) in [5.74, 6) is -0.318. The number of amides is 1. The van der Waals surface area contributed by atoms with E-state index in [2.05, 4.69) is 11.3 Å². The van der Waals surface area contributed by atoms with Gasteiger partial charge >= 0.3 is 0 Å². The molecule has 0 heterocycles. The van der Waals surface area contributed by atoms with E-state index in [0.717, 1.165) is 5.57 Å². The van der Waals surface area contributed by atoms with Crippen LogP contribution in [0.15, 0.2) is 35.2 Å². The Bertz CT molecular complexity index is 699. The van der Waals surface area contributed by atoms with Gasteiger partial charge in [-0.15, -0.1) is 0 Å². The summed E-state index contributed by atoms with van der Waals surface area (Å²) >= 11 is 6.10. The lowest BCUT2D eigenvalue weighted by atomic mass is 10.2. The fraction of sp³-hybridized carbons (Fsp3) is 0.438. The quantitative estimate of drug-likeness (QED) is 0.762. The molecule has 0 saturated heterocycles. The standard InChI is InChI=1S/C16H23ClN2O3S/c1-6-19(10-11(2)3)16(20)14-9-13(7-8-15(14)17)23(21,22)18-12(4)5/h7-9,12,18H,2,6,10H2,1,3-5H3. The van der Waals surface area contributed by atoms with Gasteiger partial charge in [0.05, 0.1) is 15.5 Å². The van der Waals surface area contributed by atoms with Gasteiger partial charge < -0.3 is 4.90 Å². The Labute approximate surface area is 143 Å². The molecule has 0 aliphatic rings. The Balaban J connectivity index is 3.25. The van der Waals surface area contributed by atoms with E-state index < -0.39 is 10.0 Å². The van der Waals surface area contributed by atoms with Crippen molar-refractivity contribution in [2.24, 2.45) is 0 Å². The minimum atomic E-state index is -3.68. The van der Waals surface area contributed by atoms with Gasteiger partial charge in [0, 0.05) is 19.1 Å². The lowest BCUT2D eigenvalue weighted by Gasteiger charge is -2.22. The first kappa shape index (κ1) is 19.7. The molecule has 0 spiro atoms. The average molecular weight is 359 g/mol. The van der Waals surface area contributed by atoms with Crippen LogP contribution in [0.4, 0.5) is 0 Å². The molecule has 1 aromatic rings. The maximum absolute atomic E-state index is 12.6. The van der Waals surface area contributed by atoms with E-state index in [0.29, 0.717) is 13.1 Å². The minimum Gasteiger partial charge on any atom is -0.335 e. The molecule has 0 bridgehead atoms. The van der Waals surface area contributed by atoms with Crippen LogP contribution < -0.4 is 4.72 Å². The van der Waals surface area contributed by atoms with Gasteiger partial charge in [0.1, 0.15) is 0 Å². The Morgan fingerprint density at radius 2 is 2.00 bits per heavy atom. The molecule has 1 aromatic carbocycles. The topological polar surface area (TPSA) is 66.5 Å². The van der Waals surface area contributed by atoms with E-state index in [4.69, 9.17) is 11.6 Å². The Morgan fingerprint density at radius 1 is 1.39 bits per heavy atom. The van der Waals surface area contributed by atoms with Gasteiger partial charge in [-0.3, -0.25) is 4.79 Å².